The second kappa shape index (κ2) is 1.73. The Labute approximate surface area is 82.1 Å². The van der Waals surface area contributed by atoms with E-state index >= 15 is 0 Å². The molecule has 0 aliphatic heterocycles. The summed E-state index contributed by atoms with van der Waals surface area (Å²) in [4.78, 5) is 0. The van der Waals surface area contributed by atoms with Crippen LogP contribution in [0, 0.1) is 34.0 Å². The molecule has 0 heterocycles. The highest BCUT2D eigenvalue weighted by Gasteiger charge is 2.82. The number of hydrogen-bond acceptors (Lipinski definition) is 0. The van der Waals surface area contributed by atoms with Crippen LogP contribution in [0.2, 0.25) is 0 Å². The van der Waals surface area contributed by atoms with Crippen molar-refractivity contribution in [3.63, 3.8) is 0 Å². The normalized spacial score (nSPS) is 66.7. The Bertz CT molecular complexity index is 278. The summed E-state index contributed by atoms with van der Waals surface area (Å²) in [5, 5.41) is 0. The molecule has 0 heteroatoms. The fraction of sp³-hybridized carbons (Fsp3) is 1.00. The molecule has 0 radical (unpaired) electrons. The Balaban J connectivity index is 2.01. The Morgan fingerprint density at radius 3 is 2.00 bits per heavy atom. The van der Waals surface area contributed by atoms with Crippen molar-refractivity contribution in [3.05, 3.63) is 0 Å². The van der Waals surface area contributed by atoms with Gasteiger partial charge in [0.05, 0.1) is 0 Å². The van der Waals surface area contributed by atoms with Crippen LogP contribution in [0.1, 0.15) is 47.5 Å². The third-order valence-electron chi connectivity index (χ3n) is 6.88. The molecule has 0 aromatic carbocycles. The van der Waals surface area contributed by atoms with Crippen LogP contribution in [0.15, 0.2) is 0 Å². The van der Waals surface area contributed by atoms with E-state index in [4.69, 9.17) is 0 Å². The van der Waals surface area contributed by atoms with E-state index in [-0.39, 0.29) is 0 Å². The first-order valence-corrected chi connectivity index (χ1v) is 5.86. The quantitative estimate of drug-likeness (QED) is 0.530. The van der Waals surface area contributed by atoms with Crippen molar-refractivity contribution in [1.82, 2.24) is 0 Å². The molecule has 3 aliphatic carbocycles. The SMILES string of the molecule is CC1CC2C3CC(C)(C)C3(C)C12C. The van der Waals surface area contributed by atoms with Crippen LogP contribution in [-0.2, 0) is 0 Å². The largest absolute Gasteiger partial charge is 0.0619 e. The van der Waals surface area contributed by atoms with E-state index in [0.717, 1.165) is 17.8 Å². The minimum absolute atomic E-state index is 0.623. The van der Waals surface area contributed by atoms with E-state index in [1.54, 1.807) is 0 Å². The molecule has 0 aromatic heterocycles. The maximum Gasteiger partial charge on any atom is -0.0184 e. The van der Waals surface area contributed by atoms with Gasteiger partial charge in [-0.1, -0.05) is 34.6 Å². The van der Waals surface area contributed by atoms with Gasteiger partial charge in [0.15, 0.2) is 0 Å². The average molecular weight is 178 g/mol. The lowest BCUT2D eigenvalue weighted by atomic mass is 9.17. The molecule has 0 bridgehead atoms. The third-order valence-corrected chi connectivity index (χ3v) is 6.88. The maximum absolute atomic E-state index is 2.56. The number of fused-ring (bicyclic) bond motifs is 4. The summed E-state index contributed by atoms with van der Waals surface area (Å²) in [6.45, 7) is 12.6. The van der Waals surface area contributed by atoms with Crippen molar-refractivity contribution in [3.8, 4) is 0 Å². The lowest BCUT2D eigenvalue weighted by Crippen LogP contribution is -2.82. The summed E-state index contributed by atoms with van der Waals surface area (Å²) in [5.74, 6) is 3.17. The molecule has 5 unspecified atom stereocenters. The van der Waals surface area contributed by atoms with Crippen molar-refractivity contribution >= 4 is 0 Å². The minimum Gasteiger partial charge on any atom is -0.0619 e. The zero-order chi connectivity index (χ0) is 9.65. The van der Waals surface area contributed by atoms with Gasteiger partial charge < -0.3 is 0 Å². The van der Waals surface area contributed by atoms with Gasteiger partial charge in [0, 0.05) is 0 Å². The fourth-order valence-corrected chi connectivity index (χ4v) is 5.47. The summed E-state index contributed by atoms with van der Waals surface area (Å²) in [6, 6.07) is 0. The van der Waals surface area contributed by atoms with Crippen molar-refractivity contribution < 1.29 is 0 Å². The van der Waals surface area contributed by atoms with Gasteiger partial charge in [-0.15, -0.1) is 0 Å². The summed E-state index contributed by atoms with van der Waals surface area (Å²) < 4.78 is 0. The minimum atomic E-state index is 0.623. The zero-order valence-electron chi connectivity index (χ0n) is 9.65. The molecule has 13 heavy (non-hydrogen) atoms. The molecule has 74 valence electrons. The molecular weight excluding hydrogens is 156 g/mol. The topological polar surface area (TPSA) is 0 Å². The van der Waals surface area contributed by atoms with Gasteiger partial charge >= 0.3 is 0 Å². The van der Waals surface area contributed by atoms with Crippen molar-refractivity contribution in [2.24, 2.45) is 34.0 Å². The predicted molar refractivity (Wildman–Crippen MR) is 55.4 cm³/mol. The monoisotopic (exact) mass is 178 g/mol. The van der Waals surface area contributed by atoms with Crippen LogP contribution < -0.4 is 0 Å². The lowest BCUT2D eigenvalue weighted by molar-refractivity contribution is -0.395. The first-order chi connectivity index (χ1) is 5.86. The highest BCUT2D eigenvalue weighted by molar-refractivity contribution is 5.30. The highest BCUT2D eigenvalue weighted by atomic mass is 14.9. The van der Waals surface area contributed by atoms with E-state index < -0.39 is 0 Å². The fourth-order valence-electron chi connectivity index (χ4n) is 5.47. The van der Waals surface area contributed by atoms with Gasteiger partial charge in [0.1, 0.15) is 0 Å². The lowest BCUT2D eigenvalue weighted by Gasteiger charge is -2.87. The van der Waals surface area contributed by atoms with Crippen LogP contribution in [-0.4, -0.2) is 0 Å². The number of rotatable bonds is 0. The van der Waals surface area contributed by atoms with Crippen LogP contribution in [0.4, 0.5) is 0 Å². The first-order valence-electron chi connectivity index (χ1n) is 5.86. The third kappa shape index (κ3) is 0.500. The highest BCUT2D eigenvalue weighted by Crippen LogP contribution is 2.88. The molecule has 3 aliphatic rings. The van der Waals surface area contributed by atoms with Crippen LogP contribution in [0.25, 0.3) is 0 Å². The average Bonchev–Trinajstić information content (AvgIpc) is 2.08. The molecule has 0 spiro atoms. The predicted octanol–water partition coefficient (Wildman–Crippen LogP) is 3.71. The summed E-state index contributed by atoms with van der Waals surface area (Å²) in [6.07, 6.45) is 3.02. The Kier molecular flexibility index (Phi) is 1.10. The molecule has 0 amide bonds. The van der Waals surface area contributed by atoms with Gasteiger partial charge in [-0.05, 0) is 46.8 Å². The molecule has 3 saturated carbocycles. The van der Waals surface area contributed by atoms with E-state index in [1.807, 2.05) is 0 Å². The van der Waals surface area contributed by atoms with Gasteiger partial charge in [0.25, 0.3) is 0 Å². The number of hydrogen-bond donors (Lipinski definition) is 0. The molecule has 3 rings (SSSR count). The zero-order valence-corrected chi connectivity index (χ0v) is 9.65. The van der Waals surface area contributed by atoms with Gasteiger partial charge in [-0.2, -0.15) is 0 Å². The Hall–Kier alpha value is 0. The van der Waals surface area contributed by atoms with Gasteiger partial charge in [-0.3, -0.25) is 0 Å². The second-order valence-corrected chi connectivity index (χ2v) is 6.92. The van der Waals surface area contributed by atoms with Crippen molar-refractivity contribution in [1.29, 1.82) is 0 Å². The van der Waals surface area contributed by atoms with Crippen LogP contribution in [0.3, 0.4) is 0 Å². The van der Waals surface area contributed by atoms with E-state index in [1.165, 1.54) is 12.8 Å². The van der Waals surface area contributed by atoms with E-state index in [2.05, 4.69) is 34.6 Å². The molecule has 5 atom stereocenters. The standard InChI is InChI=1S/C13H22/c1-8-6-9-10-7-11(2,3)13(10,5)12(8,9)4/h8-10H,6-7H2,1-5H3. The van der Waals surface area contributed by atoms with Crippen LogP contribution >= 0.6 is 0 Å². The molecule has 0 nitrogen and oxygen atoms in total. The van der Waals surface area contributed by atoms with E-state index in [9.17, 15) is 0 Å². The smallest absolute Gasteiger partial charge is 0.0184 e. The van der Waals surface area contributed by atoms with E-state index in [0.29, 0.717) is 16.2 Å². The first kappa shape index (κ1) is 8.32. The molecule has 0 N–H and O–H groups in total. The van der Waals surface area contributed by atoms with Gasteiger partial charge in [0.2, 0.25) is 0 Å². The molecule has 0 saturated heterocycles. The van der Waals surface area contributed by atoms with Crippen LogP contribution in [0.5, 0.6) is 0 Å². The van der Waals surface area contributed by atoms with Crippen molar-refractivity contribution in [2.75, 3.05) is 0 Å². The second-order valence-electron chi connectivity index (χ2n) is 6.92. The van der Waals surface area contributed by atoms with Crippen molar-refractivity contribution in [2.45, 2.75) is 47.5 Å². The molecule has 0 aromatic rings. The molecule has 3 fully saturated rings. The summed E-state index contributed by atoms with van der Waals surface area (Å²) in [5.41, 5.74) is 2.01. The molecular formula is C13H22. The van der Waals surface area contributed by atoms with Gasteiger partial charge in [-0.25, -0.2) is 0 Å². The Morgan fingerprint density at radius 2 is 1.62 bits per heavy atom. The summed E-state index contributed by atoms with van der Waals surface area (Å²) >= 11 is 0. The summed E-state index contributed by atoms with van der Waals surface area (Å²) in [7, 11) is 0. The maximum atomic E-state index is 2.56. The Morgan fingerprint density at radius 1 is 1.00 bits per heavy atom.